The Morgan fingerprint density at radius 3 is 2.54 bits per heavy atom. The molecule has 3 aliphatic heterocycles. The van der Waals surface area contributed by atoms with Gasteiger partial charge in [-0.2, -0.15) is 4.98 Å². The topological polar surface area (TPSA) is 106 Å². The zero-order valence-corrected chi connectivity index (χ0v) is 23.8. The number of hydrogen-bond acceptors (Lipinski definition) is 9. The molecular formula is C30H36N8O3. The Morgan fingerprint density at radius 1 is 1.02 bits per heavy atom. The third-order valence-electron chi connectivity index (χ3n) is 8.34. The Balaban J connectivity index is 1.18. The SMILES string of the molecule is COc1ccc(C(=O)N2CCC(N3CCN(C)CC3)CC2)cc1Nc1ncc2c(n1)N(C)c1ccccc1C(=O)N2. The number of carbonyl (C=O) groups excluding carboxylic acids is 2. The van der Waals surface area contributed by atoms with E-state index in [4.69, 9.17) is 9.72 Å². The van der Waals surface area contributed by atoms with E-state index >= 15 is 0 Å². The molecule has 0 bridgehead atoms. The Hall–Kier alpha value is -4.22. The molecule has 3 aromatic rings. The van der Waals surface area contributed by atoms with Gasteiger partial charge in [0.05, 0.1) is 30.2 Å². The van der Waals surface area contributed by atoms with E-state index in [0.717, 1.165) is 57.8 Å². The van der Waals surface area contributed by atoms with Crippen molar-refractivity contribution in [2.45, 2.75) is 18.9 Å². The molecule has 41 heavy (non-hydrogen) atoms. The van der Waals surface area contributed by atoms with E-state index in [1.807, 2.05) is 35.0 Å². The lowest BCUT2D eigenvalue weighted by Gasteiger charge is -2.42. The maximum Gasteiger partial charge on any atom is 0.257 e. The van der Waals surface area contributed by atoms with Gasteiger partial charge in [-0.25, -0.2) is 4.98 Å². The molecule has 0 radical (unpaired) electrons. The summed E-state index contributed by atoms with van der Waals surface area (Å²) in [5.41, 5.74) is 2.98. The second kappa shape index (κ2) is 11.3. The highest BCUT2D eigenvalue weighted by atomic mass is 16.5. The number of carbonyl (C=O) groups is 2. The average molecular weight is 557 g/mol. The first-order chi connectivity index (χ1) is 19.9. The summed E-state index contributed by atoms with van der Waals surface area (Å²) in [4.78, 5) is 44.2. The van der Waals surface area contributed by atoms with Gasteiger partial charge in [-0.3, -0.25) is 14.5 Å². The second-order valence-corrected chi connectivity index (χ2v) is 10.9. The van der Waals surface area contributed by atoms with Gasteiger partial charge in [0.15, 0.2) is 5.82 Å². The van der Waals surface area contributed by atoms with Crippen molar-refractivity contribution in [3.63, 3.8) is 0 Å². The lowest BCUT2D eigenvalue weighted by molar-refractivity contribution is 0.0518. The molecule has 4 heterocycles. The minimum atomic E-state index is -0.212. The molecule has 2 saturated heterocycles. The predicted molar refractivity (Wildman–Crippen MR) is 159 cm³/mol. The average Bonchev–Trinajstić information content (AvgIpc) is 3.11. The number of likely N-dealkylation sites (N-methyl/N-ethyl adjacent to an activating group) is 1. The van der Waals surface area contributed by atoms with Gasteiger partial charge in [0.1, 0.15) is 11.4 Å². The number of aromatic nitrogens is 2. The summed E-state index contributed by atoms with van der Waals surface area (Å²) in [6, 6.07) is 13.3. The van der Waals surface area contributed by atoms with E-state index in [2.05, 4.69) is 32.5 Å². The molecule has 11 heteroatoms. The summed E-state index contributed by atoms with van der Waals surface area (Å²) in [7, 11) is 5.62. The molecular weight excluding hydrogens is 520 g/mol. The third kappa shape index (κ3) is 5.42. The van der Waals surface area contributed by atoms with Crippen molar-refractivity contribution in [1.82, 2.24) is 24.7 Å². The van der Waals surface area contributed by atoms with Gasteiger partial charge in [-0.05, 0) is 50.2 Å². The van der Waals surface area contributed by atoms with Gasteiger partial charge >= 0.3 is 0 Å². The molecule has 0 aliphatic carbocycles. The lowest BCUT2D eigenvalue weighted by Crippen LogP contribution is -2.52. The largest absolute Gasteiger partial charge is 0.495 e. The van der Waals surface area contributed by atoms with Crippen LogP contribution >= 0.6 is 0 Å². The molecule has 0 saturated carbocycles. The number of ether oxygens (including phenoxy) is 1. The van der Waals surface area contributed by atoms with Crippen molar-refractivity contribution in [3.05, 3.63) is 59.8 Å². The van der Waals surface area contributed by atoms with Crippen LogP contribution in [0.2, 0.25) is 0 Å². The number of fused-ring (bicyclic) bond motifs is 2. The monoisotopic (exact) mass is 556 g/mol. The number of benzene rings is 2. The van der Waals surface area contributed by atoms with Crippen LogP contribution in [0.15, 0.2) is 48.7 Å². The highest BCUT2D eigenvalue weighted by molar-refractivity contribution is 6.11. The number of amides is 2. The number of rotatable bonds is 5. The van der Waals surface area contributed by atoms with E-state index in [0.29, 0.717) is 46.1 Å². The van der Waals surface area contributed by atoms with Crippen molar-refractivity contribution < 1.29 is 14.3 Å². The summed E-state index contributed by atoms with van der Waals surface area (Å²) < 4.78 is 5.58. The summed E-state index contributed by atoms with van der Waals surface area (Å²) in [5.74, 6) is 1.24. The highest BCUT2D eigenvalue weighted by Crippen LogP contribution is 2.36. The number of likely N-dealkylation sites (tertiary alicyclic amines) is 1. The fraction of sp³-hybridized carbons (Fsp3) is 0.400. The maximum atomic E-state index is 13.5. The molecule has 6 rings (SSSR count). The fourth-order valence-electron chi connectivity index (χ4n) is 5.90. The maximum absolute atomic E-state index is 13.5. The van der Waals surface area contributed by atoms with Crippen molar-refractivity contribution in [2.24, 2.45) is 0 Å². The molecule has 2 N–H and O–H groups in total. The Morgan fingerprint density at radius 2 is 1.78 bits per heavy atom. The molecule has 3 aliphatic rings. The normalized spacial score (nSPS) is 18.3. The molecule has 214 valence electrons. The number of anilines is 5. The number of nitrogens with one attached hydrogen (secondary N) is 2. The van der Waals surface area contributed by atoms with Crippen LogP contribution < -0.4 is 20.3 Å². The quantitative estimate of drug-likeness (QED) is 0.489. The van der Waals surface area contributed by atoms with Crippen molar-refractivity contribution >= 4 is 40.6 Å². The van der Waals surface area contributed by atoms with Gasteiger partial charge in [0.25, 0.3) is 11.8 Å². The first-order valence-electron chi connectivity index (χ1n) is 14.1. The molecule has 0 unspecified atom stereocenters. The van der Waals surface area contributed by atoms with E-state index in [-0.39, 0.29) is 11.8 Å². The number of piperazine rings is 1. The molecule has 0 atom stereocenters. The Kier molecular flexibility index (Phi) is 7.46. The first-order valence-corrected chi connectivity index (χ1v) is 14.1. The highest BCUT2D eigenvalue weighted by Gasteiger charge is 2.29. The predicted octanol–water partition coefficient (Wildman–Crippen LogP) is 3.41. The van der Waals surface area contributed by atoms with Crippen molar-refractivity contribution in [1.29, 1.82) is 0 Å². The van der Waals surface area contributed by atoms with Crippen LogP contribution in [0.3, 0.4) is 0 Å². The van der Waals surface area contributed by atoms with Crippen LogP contribution in [0.4, 0.5) is 28.8 Å². The zero-order valence-electron chi connectivity index (χ0n) is 23.8. The molecule has 0 spiro atoms. The standard InChI is InChI=1S/C30H36N8O3/c1-35-14-16-37(17-15-35)21-10-12-38(13-11-21)29(40)20-8-9-26(41-3)23(18-20)33-30-31-19-24-27(34-30)36(2)25-7-5-4-6-22(25)28(39)32-24/h4-9,18-19,21H,10-17H2,1-3H3,(H,32,39)(H,31,33,34). The van der Waals surface area contributed by atoms with Crippen molar-refractivity contribution in [2.75, 3.05) is 76.0 Å². The Labute approximate surface area is 240 Å². The molecule has 1 aromatic heterocycles. The zero-order chi connectivity index (χ0) is 28.5. The van der Waals surface area contributed by atoms with E-state index in [9.17, 15) is 9.59 Å². The first kappa shape index (κ1) is 27.0. The van der Waals surface area contributed by atoms with Gasteiger partial charge in [0, 0.05) is 57.9 Å². The second-order valence-electron chi connectivity index (χ2n) is 10.9. The number of piperidine rings is 1. The van der Waals surface area contributed by atoms with Crippen LogP contribution in [-0.4, -0.2) is 103 Å². The summed E-state index contributed by atoms with van der Waals surface area (Å²) >= 11 is 0. The minimum absolute atomic E-state index is 0.00873. The van der Waals surface area contributed by atoms with E-state index in [1.54, 1.807) is 37.6 Å². The molecule has 2 aromatic carbocycles. The van der Waals surface area contributed by atoms with Gasteiger partial charge in [0.2, 0.25) is 5.95 Å². The number of nitrogens with zero attached hydrogens (tertiary/aromatic N) is 6. The van der Waals surface area contributed by atoms with Crippen molar-refractivity contribution in [3.8, 4) is 5.75 Å². The van der Waals surface area contributed by atoms with Crippen LogP contribution in [0.25, 0.3) is 0 Å². The number of hydrogen-bond donors (Lipinski definition) is 2. The summed E-state index contributed by atoms with van der Waals surface area (Å²) in [6.45, 7) is 5.90. The summed E-state index contributed by atoms with van der Waals surface area (Å²) in [6.07, 6.45) is 3.57. The van der Waals surface area contributed by atoms with Crippen LogP contribution in [0.5, 0.6) is 5.75 Å². The van der Waals surface area contributed by atoms with E-state index < -0.39 is 0 Å². The van der Waals surface area contributed by atoms with Crippen LogP contribution in [-0.2, 0) is 0 Å². The van der Waals surface area contributed by atoms with Crippen LogP contribution in [0.1, 0.15) is 33.6 Å². The minimum Gasteiger partial charge on any atom is -0.495 e. The van der Waals surface area contributed by atoms with Gasteiger partial charge in [-0.15, -0.1) is 0 Å². The van der Waals surface area contributed by atoms with E-state index in [1.165, 1.54) is 0 Å². The molecule has 2 amide bonds. The third-order valence-corrected chi connectivity index (χ3v) is 8.34. The van der Waals surface area contributed by atoms with Gasteiger partial charge in [-0.1, -0.05) is 12.1 Å². The number of para-hydroxylation sites is 1. The molecule has 11 nitrogen and oxygen atoms in total. The summed E-state index contributed by atoms with van der Waals surface area (Å²) in [5, 5.41) is 6.13. The Bertz CT molecular complexity index is 1450. The lowest BCUT2D eigenvalue weighted by atomic mass is 10.0. The number of methoxy groups -OCH3 is 1. The van der Waals surface area contributed by atoms with Crippen LogP contribution in [0, 0.1) is 0 Å². The van der Waals surface area contributed by atoms with Gasteiger partial charge < -0.3 is 30.1 Å². The molecule has 2 fully saturated rings. The fourth-order valence-corrected chi connectivity index (χ4v) is 5.90. The smallest absolute Gasteiger partial charge is 0.257 e.